The fourth-order valence-electron chi connectivity index (χ4n) is 3.16. The molecule has 1 fully saturated rings. The molecule has 1 aliphatic rings. The van der Waals surface area contributed by atoms with Crippen LogP contribution in [0.2, 0.25) is 0 Å². The molecule has 0 bridgehead atoms. The molecule has 7 nitrogen and oxygen atoms in total. The average molecular weight is 316 g/mol. The highest BCUT2D eigenvalue weighted by Crippen LogP contribution is 2.28. The first-order valence-electron chi connectivity index (χ1n) is 8.11. The van der Waals surface area contributed by atoms with Crippen molar-refractivity contribution in [3.63, 3.8) is 0 Å². The first-order chi connectivity index (χ1) is 11.2. The second-order valence-corrected chi connectivity index (χ2v) is 6.19. The standard InChI is InChI=1S/C16H24N6O/c1-3-20(2)9-13-10-21(11-14(13)12-23)16-17-18-19-22(16)15-7-5-4-6-8-15/h4-8,13-14,23H,3,9-12H2,1-2H3/t13-,14-/m1/s1. The lowest BCUT2D eigenvalue weighted by atomic mass is 9.96. The summed E-state index contributed by atoms with van der Waals surface area (Å²) in [6, 6.07) is 9.89. The normalized spacial score (nSPS) is 21.3. The van der Waals surface area contributed by atoms with E-state index in [0.717, 1.165) is 37.8 Å². The molecule has 0 radical (unpaired) electrons. The predicted molar refractivity (Wildman–Crippen MR) is 88.6 cm³/mol. The summed E-state index contributed by atoms with van der Waals surface area (Å²) in [6.45, 7) is 5.98. The van der Waals surface area contributed by atoms with E-state index >= 15 is 0 Å². The maximum atomic E-state index is 9.72. The lowest BCUT2D eigenvalue weighted by molar-refractivity contribution is 0.178. The third-order valence-corrected chi connectivity index (χ3v) is 4.63. The Morgan fingerprint density at radius 3 is 2.65 bits per heavy atom. The van der Waals surface area contributed by atoms with Crippen molar-refractivity contribution in [3.05, 3.63) is 30.3 Å². The summed E-state index contributed by atoms with van der Waals surface area (Å²) in [5, 5.41) is 21.9. The minimum atomic E-state index is 0.200. The number of tetrazole rings is 1. The van der Waals surface area contributed by atoms with Crippen LogP contribution in [0.15, 0.2) is 30.3 Å². The van der Waals surface area contributed by atoms with Gasteiger partial charge in [0.05, 0.1) is 5.69 Å². The molecule has 1 aliphatic heterocycles. The van der Waals surface area contributed by atoms with E-state index in [2.05, 4.69) is 39.3 Å². The number of rotatable bonds is 6. The third-order valence-electron chi connectivity index (χ3n) is 4.63. The van der Waals surface area contributed by atoms with Crippen LogP contribution in [-0.2, 0) is 0 Å². The summed E-state index contributed by atoms with van der Waals surface area (Å²) in [5.74, 6) is 1.42. The van der Waals surface area contributed by atoms with Crippen molar-refractivity contribution in [2.75, 3.05) is 44.7 Å². The molecule has 23 heavy (non-hydrogen) atoms. The zero-order chi connectivity index (χ0) is 16.2. The Morgan fingerprint density at radius 1 is 1.22 bits per heavy atom. The highest BCUT2D eigenvalue weighted by atomic mass is 16.3. The number of anilines is 1. The number of aromatic nitrogens is 4. The molecule has 3 rings (SSSR count). The van der Waals surface area contributed by atoms with Crippen LogP contribution in [0.25, 0.3) is 5.69 Å². The zero-order valence-corrected chi connectivity index (χ0v) is 13.7. The number of nitrogens with zero attached hydrogens (tertiary/aromatic N) is 6. The molecule has 0 amide bonds. The molecule has 0 saturated carbocycles. The second-order valence-electron chi connectivity index (χ2n) is 6.19. The van der Waals surface area contributed by atoms with Gasteiger partial charge in [-0.1, -0.05) is 30.2 Å². The van der Waals surface area contributed by atoms with E-state index in [4.69, 9.17) is 0 Å². The quantitative estimate of drug-likeness (QED) is 0.844. The minimum Gasteiger partial charge on any atom is -0.396 e. The van der Waals surface area contributed by atoms with Gasteiger partial charge in [-0.2, -0.15) is 4.68 Å². The number of aliphatic hydroxyl groups is 1. The van der Waals surface area contributed by atoms with Crippen LogP contribution < -0.4 is 4.90 Å². The number of aliphatic hydroxyl groups excluding tert-OH is 1. The molecule has 2 aromatic rings. The first kappa shape index (κ1) is 15.9. The molecule has 1 aromatic heterocycles. The molecule has 124 valence electrons. The van der Waals surface area contributed by atoms with Crippen LogP contribution in [0, 0.1) is 11.8 Å². The Bertz CT molecular complexity index is 616. The van der Waals surface area contributed by atoms with Gasteiger partial charge in [-0.3, -0.25) is 0 Å². The molecule has 2 atom stereocenters. The number of benzene rings is 1. The Labute approximate surface area is 136 Å². The minimum absolute atomic E-state index is 0.200. The van der Waals surface area contributed by atoms with Crippen molar-refractivity contribution >= 4 is 5.95 Å². The molecule has 1 saturated heterocycles. The van der Waals surface area contributed by atoms with E-state index in [9.17, 15) is 5.11 Å². The maximum Gasteiger partial charge on any atom is 0.250 e. The van der Waals surface area contributed by atoms with Crippen LogP contribution in [0.5, 0.6) is 0 Å². The molecule has 7 heteroatoms. The lowest BCUT2D eigenvalue weighted by Gasteiger charge is -2.22. The van der Waals surface area contributed by atoms with Crippen LogP contribution in [0.3, 0.4) is 0 Å². The van der Waals surface area contributed by atoms with Gasteiger partial charge in [0, 0.05) is 32.2 Å². The van der Waals surface area contributed by atoms with E-state index in [1.54, 1.807) is 4.68 Å². The van der Waals surface area contributed by atoms with E-state index in [-0.39, 0.29) is 12.5 Å². The highest BCUT2D eigenvalue weighted by Gasteiger charge is 2.35. The van der Waals surface area contributed by atoms with Crippen LogP contribution in [-0.4, -0.2) is 70.0 Å². The Balaban J connectivity index is 1.80. The zero-order valence-electron chi connectivity index (χ0n) is 13.7. The Kier molecular flexibility index (Phi) is 4.88. The lowest BCUT2D eigenvalue weighted by Crippen LogP contribution is -2.31. The number of para-hydroxylation sites is 1. The van der Waals surface area contributed by atoms with Crippen molar-refractivity contribution in [3.8, 4) is 5.69 Å². The molecular formula is C16H24N6O. The van der Waals surface area contributed by atoms with Crippen LogP contribution >= 0.6 is 0 Å². The van der Waals surface area contributed by atoms with E-state index in [1.807, 2.05) is 30.3 Å². The molecule has 0 aliphatic carbocycles. The van der Waals surface area contributed by atoms with Gasteiger partial charge in [0.1, 0.15) is 0 Å². The number of hydrogen-bond acceptors (Lipinski definition) is 6. The van der Waals surface area contributed by atoms with Gasteiger partial charge in [-0.25, -0.2) is 0 Å². The van der Waals surface area contributed by atoms with Gasteiger partial charge in [0.2, 0.25) is 5.95 Å². The largest absolute Gasteiger partial charge is 0.396 e. The monoisotopic (exact) mass is 316 g/mol. The molecule has 1 aromatic carbocycles. The van der Waals surface area contributed by atoms with Gasteiger partial charge in [0.25, 0.3) is 0 Å². The van der Waals surface area contributed by atoms with Gasteiger partial charge in [0.15, 0.2) is 0 Å². The summed E-state index contributed by atoms with van der Waals surface area (Å²) in [6.07, 6.45) is 0. The molecule has 0 unspecified atom stereocenters. The Morgan fingerprint density at radius 2 is 1.96 bits per heavy atom. The third kappa shape index (κ3) is 3.35. The van der Waals surface area contributed by atoms with Gasteiger partial charge >= 0.3 is 0 Å². The van der Waals surface area contributed by atoms with E-state index in [1.165, 1.54) is 0 Å². The average Bonchev–Trinajstić information content (AvgIpc) is 3.21. The maximum absolute atomic E-state index is 9.72. The highest BCUT2D eigenvalue weighted by molar-refractivity contribution is 5.41. The van der Waals surface area contributed by atoms with Crippen molar-refractivity contribution in [1.82, 2.24) is 25.1 Å². The molecule has 1 N–H and O–H groups in total. The fraction of sp³-hybridized carbons (Fsp3) is 0.562. The van der Waals surface area contributed by atoms with Gasteiger partial charge in [-0.15, -0.1) is 0 Å². The number of hydrogen-bond donors (Lipinski definition) is 1. The fourth-order valence-corrected chi connectivity index (χ4v) is 3.16. The predicted octanol–water partition coefficient (Wildman–Crippen LogP) is 0.659. The summed E-state index contributed by atoms with van der Waals surface area (Å²) < 4.78 is 1.76. The van der Waals surface area contributed by atoms with E-state index < -0.39 is 0 Å². The smallest absolute Gasteiger partial charge is 0.250 e. The molecule has 2 heterocycles. The molecular weight excluding hydrogens is 292 g/mol. The summed E-state index contributed by atoms with van der Waals surface area (Å²) in [7, 11) is 2.12. The Hall–Kier alpha value is -1.99. The SMILES string of the molecule is CCN(C)C[C@@H]1CN(c2nnnn2-c2ccccc2)C[C@@H]1CO. The topological polar surface area (TPSA) is 70.3 Å². The van der Waals surface area contributed by atoms with Crippen LogP contribution in [0.1, 0.15) is 6.92 Å². The summed E-state index contributed by atoms with van der Waals surface area (Å²) in [4.78, 5) is 4.47. The second kappa shape index (κ2) is 7.06. The van der Waals surface area contributed by atoms with Gasteiger partial charge in [-0.05, 0) is 42.1 Å². The van der Waals surface area contributed by atoms with Gasteiger partial charge < -0.3 is 14.9 Å². The van der Waals surface area contributed by atoms with Crippen molar-refractivity contribution < 1.29 is 5.11 Å². The first-order valence-corrected chi connectivity index (χ1v) is 8.11. The molecule has 0 spiro atoms. The summed E-state index contributed by atoms with van der Waals surface area (Å²) >= 11 is 0. The van der Waals surface area contributed by atoms with Crippen LogP contribution in [0.4, 0.5) is 5.95 Å². The van der Waals surface area contributed by atoms with E-state index in [0.29, 0.717) is 5.92 Å². The van der Waals surface area contributed by atoms with Crippen molar-refractivity contribution in [2.45, 2.75) is 6.92 Å². The van der Waals surface area contributed by atoms with Crippen molar-refractivity contribution in [2.24, 2.45) is 11.8 Å². The van der Waals surface area contributed by atoms with Crippen molar-refractivity contribution in [1.29, 1.82) is 0 Å². The summed E-state index contributed by atoms with van der Waals surface area (Å²) in [5.41, 5.74) is 0.946.